The molecule has 0 radical (unpaired) electrons. The lowest BCUT2D eigenvalue weighted by atomic mass is 9.70. The molecule has 3 heterocycles. The zero-order valence-electron chi connectivity index (χ0n) is 21.9. The number of likely N-dealkylation sites (tertiary alicyclic amines) is 1. The number of nitrogens with zero attached hydrogens (tertiary/aromatic N) is 1. The molecular formula is C29H35N3O6. The first-order valence-electron chi connectivity index (χ1n) is 13.3. The first-order valence-corrected chi connectivity index (χ1v) is 13.3. The molecule has 1 spiro atoms. The fraction of sp³-hybridized carbons (Fsp3) is 0.483. The SMILES string of the molecule is CC[C@H](C)[C@H](CO)N1C(=O)[C@@H]2[C@H](C(=O)Nc3ccccc3)[C@@H]3CCC2(O3)C1C(=O)Nc1ccc(OC)cc1. The molecule has 7 atom stereocenters. The fourth-order valence-corrected chi connectivity index (χ4v) is 6.49. The van der Waals surface area contributed by atoms with E-state index in [0.717, 1.165) is 0 Å². The van der Waals surface area contributed by atoms with Crippen LogP contribution in [0.15, 0.2) is 54.6 Å². The minimum Gasteiger partial charge on any atom is -0.497 e. The summed E-state index contributed by atoms with van der Waals surface area (Å²) >= 11 is 0. The molecule has 3 aliphatic rings. The molecular weight excluding hydrogens is 486 g/mol. The van der Waals surface area contributed by atoms with E-state index in [2.05, 4.69) is 10.6 Å². The smallest absolute Gasteiger partial charge is 0.250 e. The fourth-order valence-electron chi connectivity index (χ4n) is 6.49. The number of ether oxygens (including phenoxy) is 2. The van der Waals surface area contributed by atoms with Gasteiger partial charge in [0.2, 0.25) is 17.7 Å². The minimum absolute atomic E-state index is 0.0655. The molecule has 9 heteroatoms. The van der Waals surface area contributed by atoms with Gasteiger partial charge in [-0.05, 0) is 55.2 Å². The van der Waals surface area contributed by atoms with Gasteiger partial charge in [-0.25, -0.2) is 0 Å². The minimum atomic E-state index is -1.14. The maximum Gasteiger partial charge on any atom is 0.250 e. The number of amides is 3. The van der Waals surface area contributed by atoms with E-state index in [1.165, 1.54) is 4.90 Å². The van der Waals surface area contributed by atoms with E-state index >= 15 is 0 Å². The molecule has 2 bridgehead atoms. The predicted octanol–water partition coefficient (Wildman–Crippen LogP) is 3.05. The van der Waals surface area contributed by atoms with Crippen molar-refractivity contribution in [1.29, 1.82) is 0 Å². The summed E-state index contributed by atoms with van der Waals surface area (Å²) in [5.74, 6) is -1.94. The topological polar surface area (TPSA) is 117 Å². The zero-order chi connectivity index (χ0) is 27.0. The molecule has 3 saturated heterocycles. The van der Waals surface area contributed by atoms with Crippen molar-refractivity contribution in [2.75, 3.05) is 24.4 Å². The summed E-state index contributed by atoms with van der Waals surface area (Å²) in [5.41, 5.74) is 0.0500. The predicted molar refractivity (Wildman–Crippen MR) is 141 cm³/mol. The molecule has 2 aromatic rings. The number of hydrogen-bond acceptors (Lipinski definition) is 6. The van der Waals surface area contributed by atoms with E-state index in [4.69, 9.17) is 9.47 Å². The van der Waals surface area contributed by atoms with Gasteiger partial charge in [-0.1, -0.05) is 38.5 Å². The van der Waals surface area contributed by atoms with Crippen LogP contribution in [0.3, 0.4) is 0 Å². The van der Waals surface area contributed by atoms with E-state index in [1.807, 2.05) is 32.0 Å². The summed E-state index contributed by atoms with van der Waals surface area (Å²) in [4.78, 5) is 43.2. The third kappa shape index (κ3) is 4.23. The molecule has 5 rings (SSSR count). The van der Waals surface area contributed by atoms with Crippen molar-refractivity contribution in [1.82, 2.24) is 4.90 Å². The van der Waals surface area contributed by atoms with Crippen LogP contribution in [0.4, 0.5) is 11.4 Å². The number of nitrogens with one attached hydrogen (secondary N) is 2. The number of para-hydroxylation sites is 1. The first-order chi connectivity index (χ1) is 18.3. The molecule has 0 aromatic heterocycles. The lowest BCUT2D eigenvalue weighted by molar-refractivity contribution is -0.144. The largest absolute Gasteiger partial charge is 0.497 e. The van der Waals surface area contributed by atoms with Crippen LogP contribution in [0.5, 0.6) is 5.75 Å². The maximum absolute atomic E-state index is 14.2. The number of carbonyl (C=O) groups excluding carboxylic acids is 3. The molecule has 38 heavy (non-hydrogen) atoms. The monoisotopic (exact) mass is 521 g/mol. The van der Waals surface area contributed by atoms with Gasteiger partial charge in [0.1, 0.15) is 17.4 Å². The molecule has 202 valence electrons. The maximum atomic E-state index is 14.2. The van der Waals surface area contributed by atoms with Gasteiger partial charge in [0, 0.05) is 11.4 Å². The molecule has 3 fully saturated rings. The average molecular weight is 522 g/mol. The number of hydrogen-bond donors (Lipinski definition) is 3. The van der Waals surface area contributed by atoms with Crippen molar-refractivity contribution in [3.8, 4) is 5.75 Å². The van der Waals surface area contributed by atoms with Crippen LogP contribution >= 0.6 is 0 Å². The van der Waals surface area contributed by atoms with Crippen molar-refractivity contribution >= 4 is 29.1 Å². The van der Waals surface area contributed by atoms with Crippen LogP contribution in [0.2, 0.25) is 0 Å². The van der Waals surface area contributed by atoms with Gasteiger partial charge in [0.25, 0.3) is 0 Å². The second-order valence-electron chi connectivity index (χ2n) is 10.5. The van der Waals surface area contributed by atoms with Crippen molar-refractivity contribution in [3.63, 3.8) is 0 Å². The van der Waals surface area contributed by atoms with Crippen LogP contribution in [-0.4, -0.2) is 65.2 Å². The van der Waals surface area contributed by atoms with E-state index in [1.54, 1.807) is 43.5 Å². The lowest BCUT2D eigenvalue weighted by Crippen LogP contribution is -2.57. The third-order valence-corrected chi connectivity index (χ3v) is 8.53. The highest BCUT2D eigenvalue weighted by molar-refractivity contribution is 6.05. The number of rotatable bonds is 9. The second kappa shape index (κ2) is 10.4. The first kappa shape index (κ1) is 26.2. The molecule has 0 aliphatic carbocycles. The lowest BCUT2D eigenvalue weighted by Gasteiger charge is -2.38. The Morgan fingerprint density at radius 2 is 1.76 bits per heavy atom. The number of fused-ring (bicyclic) bond motifs is 1. The van der Waals surface area contributed by atoms with E-state index in [9.17, 15) is 19.5 Å². The van der Waals surface area contributed by atoms with Gasteiger partial charge >= 0.3 is 0 Å². The van der Waals surface area contributed by atoms with Crippen LogP contribution in [0.1, 0.15) is 33.1 Å². The number of aliphatic hydroxyl groups excluding tert-OH is 1. The van der Waals surface area contributed by atoms with Gasteiger partial charge in [0.15, 0.2) is 0 Å². The molecule has 9 nitrogen and oxygen atoms in total. The van der Waals surface area contributed by atoms with Gasteiger partial charge in [-0.15, -0.1) is 0 Å². The Bertz CT molecular complexity index is 1190. The highest BCUT2D eigenvalue weighted by Crippen LogP contribution is 2.59. The highest BCUT2D eigenvalue weighted by atomic mass is 16.5. The number of carbonyl (C=O) groups is 3. The average Bonchev–Trinajstić information content (AvgIpc) is 3.57. The van der Waals surface area contributed by atoms with Gasteiger partial charge in [0.05, 0.1) is 37.7 Å². The Kier molecular flexibility index (Phi) is 7.15. The Hall–Kier alpha value is -3.43. The third-order valence-electron chi connectivity index (χ3n) is 8.53. The summed E-state index contributed by atoms with van der Waals surface area (Å²) in [6.45, 7) is 3.65. The zero-order valence-corrected chi connectivity index (χ0v) is 21.9. The summed E-state index contributed by atoms with van der Waals surface area (Å²) in [5, 5.41) is 16.3. The Morgan fingerprint density at radius 3 is 2.39 bits per heavy atom. The molecule has 0 saturated carbocycles. The summed E-state index contributed by atoms with van der Waals surface area (Å²) in [6.07, 6.45) is 1.31. The molecule has 3 aliphatic heterocycles. The normalized spacial score (nSPS) is 29.1. The summed E-state index contributed by atoms with van der Waals surface area (Å²) in [7, 11) is 1.57. The summed E-state index contributed by atoms with van der Waals surface area (Å²) in [6, 6.07) is 14.5. The number of anilines is 2. The number of aliphatic hydroxyl groups is 1. The van der Waals surface area contributed by atoms with Crippen LogP contribution < -0.4 is 15.4 Å². The van der Waals surface area contributed by atoms with Crippen molar-refractivity contribution in [3.05, 3.63) is 54.6 Å². The van der Waals surface area contributed by atoms with Gasteiger partial charge in [-0.2, -0.15) is 0 Å². The van der Waals surface area contributed by atoms with E-state index in [-0.39, 0.29) is 24.3 Å². The summed E-state index contributed by atoms with van der Waals surface area (Å²) < 4.78 is 11.7. The molecule has 3 N–H and O–H groups in total. The number of methoxy groups -OCH3 is 1. The van der Waals surface area contributed by atoms with Gasteiger partial charge in [-0.3, -0.25) is 14.4 Å². The molecule has 2 aromatic carbocycles. The quantitative estimate of drug-likeness (QED) is 0.467. The Morgan fingerprint density at radius 1 is 1.11 bits per heavy atom. The van der Waals surface area contributed by atoms with Gasteiger partial charge < -0.3 is 30.1 Å². The van der Waals surface area contributed by atoms with E-state index in [0.29, 0.717) is 36.4 Å². The van der Waals surface area contributed by atoms with Crippen LogP contribution in [-0.2, 0) is 19.1 Å². The second-order valence-corrected chi connectivity index (χ2v) is 10.5. The van der Waals surface area contributed by atoms with Crippen LogP contribution in [0, 0.1) is 17.8 Å². The van der Waals surface area contributed by atoms with E-state index < -0.39 is 41.5 Å². The van der Waals surface area contributed by atoms with Crippen molar-refractivity contribution in [2.45, 2.75) is 56.9 Å². The van der Waals surface area contributed by atoms with Crippen LogP contribution in [0.25, 0.3) is 0 Å². The number of benzene rings is 2. The highest BCUT2D eigenvalue weighted by Gasteiger charge is 2.75. The van der Waals surface area contributed by atoms with Crippen molar-refractivity contribution in [2.24, 2.45) is 17.8 Å². The Balaban J connectivity index is 1.50. The molecule has 2 unspecified atom stereocenters. The van der Waals surface area contributed by atoms with Crippen molar-refractivity contribution < 1.29 is 29.0 Å². The molecule has 3 amide bonds. The Labute approximate surface area is 222 Å². The standard InChI is InChI=1S/C29H35N3O6/c1-4-17(2)21(16-33)32-25(27(35)31-19-10-12-20(37-3)13-11-19)29-15-14-22(38-29)23(24(29)28(32)36)26(34)30-18-8-6-5-7-9-18/h5-13,17,21-25,33H,4,14-16H2,1-3H3,(H,30,34)(H,31,35)/t17-,21-,22-,23+,24-,25?,29?/m0/s1.